The van der Waals surface area contributed by atoms with Crippen LogP contribution < -0.4 is 5.32 Å². The molecule has 0 saturated heterocycles. The molecule has 112 valence electrons. The van der Waals surface area contributed by atoms with Crippen molar-refractivity contribution in [3.05, 3.63) is 48.2 Å². The summed E-state index contributed by atoms with van der Waals surface area (Å²) in [7, 11) is 0. The number of nitrogens with one attached hydrogen (secondary N) is 1. The molecule has 0 fully saturated rings. The second-order valence-corrected chi connectivity index (χ2v) is 4.50. The van der Waals surface area contributed by atoms with E-state index in [1.54, 1.807) is 18.3 Å². The molecular weight excluding hydrogens is 286 g/mol. The molecule has 0 bridgehead atoms. The van der Waals surface area contributed by atoms with Crippen LogP contribution in [0.2, 0.25) is 0 Å². The van der Waals surface area contributed by atoms with Gasteiger partial charge in [-0.15, -0.1) is 0 Å². The van der Waals surface area contributed by atoms with Gasteiger partial charge in [-0.2, -0.15) is 4.98 Å². The third kappa shape index (κ3) is 3.54. The standard InChI is InChI=1S/C14H13N5O3/c20-13(9-10-5-8-21-18-10)16-7-4-12-17-14(22-19-12)11-3-1-2-6-15-11/h1-3,5-6,8H,4,7,9H2,(H,16,20). The molecule has 0 aliphatic heterocycles. The zero-order valence-electron chi connectivity index (χ0n) is 11.6. The third-order valence-corrected chi connectivity index (χ3v) is 2.86. The van der Waals surface area contributed by atoms with E-state index in [1.165, 1.54) is 6.26 Å². The predicted molar refractivity (Wildman–Crippen MR) is 74.4 cm³/mol. The highest BCUT2D eigenvalue weighted by atomic mass is 16.5. The largest absolute Gasteiger partial charge is 0.364 e. The molecule has 0 saturated carbocycles. The van der Waals surface area contributed by atoms with Gasteiger partial charge in [0.05, 0.1) is 12.1 Å². The lowest BCUT2D eigenvalue weighted by Crippen LogP contribution is -2.27. The number of hydrogen-bond acceptors (Lipinski definition) is 7. The Morgan fingerprint density at radius 2 is 2.18 bits per heavy atom. The summed E-state index contributed by atoms with van der Waals surface area (Å²) >= 11 is 0. The van der Waals surface area contributed by atoms with E-state index in [0.717, 1.165) is 0 Å². The summed E-state index contributed by atoms with van der Waals surface area (Å²) in [5.41, 5.74) is 1.21. The molecular formula is C14H13N5O3. The topological polar surface area (TPSA) is 107 Å². The van der Waals surface area contributed by atoms with Crippen LogP contribution >= 0.6 is 0 Å². The maximum atomic E-state index is 11.7. The van der Waals surface area contributed by atoms with Gasteiger partial charge in [-0.25, -0.2) is 0 Å². The van der Waals surface area contributed by atoms with E-state index >= 15 is 0 Å². The van der Waals surface area contributed by atoms with Crippen molar-refractivity contribution in [2.75, 3.05) is 6.54 Å². The van der Waals surface area contributed by atoms with Gasteiger partial charge in [0.25, 0.3) is 5.89 Å². The summed E-state index contributed by atoms with van der Waals surface area (Å²) in [5.74, 6) is 0.745. The van der Waals surface area contributed by atoms with Crippen LogP contribution in [-0.2, 0) is 17.6 Å². The SMILES string of the molecule is O=C(Cc1ccon1)NCCc1noc(-c2ccccn2)n1. The molecule has 3 aromatic heterocycles. The Morgan fingerprint density at radius 3 is 2.95 bits per heavy atom. The van der Waals surface area contributed by atoms with Crippen LogP contribution in [0, 0.1) is 0 Å². The fourth-order valence-corrected chi connectivity index (χ4v) is 1.82. The number of amides is 1. The van der Waals surface area contributed by atoms with Crippen molar-refractivity contribution in [3.8, 4) is 11.6 Å². The molecule has 22 heavy (non-hydrogen) atoms. The molecule has 0 spiro atoms. The van der Waals surface area contributed by atoms with Crippen molar-refractivity contribution < 1.29 is 13.8 Å². The highest BCUT2D eigenvalue weighted by molar-refractivity contribution is 5.77. The number of nitrogens with zero attached hydrogens (tertiary/aromatic N) is 4. The van der Waals surface area contributed by atoms with Crippen molar-refractivity contribution in [2.45, 2.75) is 12.8 Å². The number of hydrogen-bond donors (Lipinski definition) is 1. The lowest BCUT2D eigenvalue weighted by atomic mass is 10.3. The summed E-state index contributed by atoms with van der Waals surface area (Å²) < 4.78 is 9.80. The minimum atomic E-state index is -0.137. The zero-order chi connectivity index (χ0) is 15.2. The van der Waals surface area contributed by atoms with Gasteiger partial charge in [-0.3, -0.25) is 9.78 Å². The lowest BCUT2D eigenvalue weighted by molar-refractivity contribution is -0.120. The van der Waals surface area contributed by atoms with Crippen LogP contribution in [0.5, 0.6) is 0 Å². The van der Waals surface area contributed by atoms with E-state index < -0.39 is 0 Å². The highest BCUT2D eigenvalue weighted by Crippen LogP contribution is 2.13. The van der Waals surface area contributed by atoms with E-state index in [1.807, 2.05) is 12.1 Å². The molecule has 0 unspecified atom stereocenters. The van der Waals surface area contributed by atoms with Crippen LogP contribution in [0.15, 0.2) is 45.8 Å². The summed E-state index contributed by atoms with van der Waals surface area (Å²) in [6, 6.07) is 7.09. The van der Waals surface area contributed by atoms with E-state index in [4.69, 9.17) is 4.52 Å². The minimum absolute atomic E-state index is 0.137. The van der Waals surface area contributed by atoms with Gasteiger partial charge < -0.3 is 14.4 Å². The summed E-state index contributed by atoms with van der Waals surface area (Å²) in [6.07, 6.45) is 3.74. The van der Waals surface area contributed by atoms with E-state index in [-0.39, 0.29) is 12.3 Å². The molecule has 0 atom stereocenters. The Kier molecular flexibility index (Phi) is 4.19. The molecule has 0 aliphatic carbocycles. The molecule has 0 aliphatic rings. The molecule has 8 heteroatoms. The van der Waals surface area contributed by atoms with Gasteiger partial charge in [0.2, 0.25) is 5.91 Å². The van der Waals surface area contributed by atoms with E-state index in [9.17, 15) is 4.79 Å². The number of rotatable bonds is 6. The lowest BCUT2D eigenvalue weighted by Gasteiger charge is -2.00. The Morgan fingerprint density at radius 1 is 1.23 bits per heavy atom. The van der Waals surface area contributed by atoms with Crippen LogP contribution in [0.25, 0.3) is 11.6 Å². The van der Waals surface area contributed by atoms with Crippen molar-refractivity contribution in [3.63, 3.8) is 0 Å². The maximum Gasteiger partial charge on any atom is 0.276 e. The number of aromatic nitrogens is 4. The van der Waals surface area contributed by atoms with Crippen molar-refractivity contribution in [1.29, 1.82) is 0 Å². The van der Waals surface area contributed by atoms with Crippen LogP contribution in [0.4, 0.5) is 0 Å². The Bertz CT molecular complexity index is 724. The molecule has 1 N–H and O–H groups in total. The summed E-state index contributed by atoms with van der Waals surface area (Å²) in [6.45, 7) is 0.415. The molecule has 3 aromatic rings. The van der Waals surface area contributed by atoms with Crippen molar-refractivity contribution >= 4 is 5.91 Å². The normalized spacial score (nSPS) is 10.5. The molecule has 3 heterocycles. The van der Waals surface area contributed by atoms with Gasteiger partial charge >= 0.3 is 0 Å². The smallest absolute Gasteiger partial charge is 0.276 e. The van der Waals surface area contributed by atoms with Crippen LogP contribution in [0.1, 0.15) is 11.5 Å². The second kappa shape index (κ2) is 6.61. The summed E-state index contributed by atoms with van der Waals surface area (Å²) in [5, 5.41) is 10.3. The first-order valence-corrected chi connectivity index (χ1v) is 6.71. The number of carbonyl (C=O) groups excluding carboxylic acids is 1. The fourth-order valence-electron chi connectivity index (χ4n) is 1.82. The van der Waals surface area contributed by atoms with Gasteiger partial charge in [-0.1, -0.05) is 16.4 Å². The number of carbonyl (C=O) groups is 1. The van der Waals surface area contributed by atoms with Crippen molar-refractivity contribution in [1.82, 2.24) is 25.6 Å². The second-order valence-electron chi connectivity index (χ2n) is 4.50. The average Bonchev–Trinajstić information content (AvgIpc) is 3.20. The predicted octanol–water partition coefficient (Wildman–Crippen LogP) is 1.02. The highest BCUT2D eigenvalue weighted by Gasteiger charge is 2.10. The first kappa shape index (κ1) is 13.9. The summed E-state index contributed by atoms with van der Waals surface area (Å²) in [4.78, 5) is 20.0. The average molecular weight is 299 g/mol. The van der Waals surface area contributed by atoms with Crippen LogP contribution in [0.3, 0.4) is 0 Å². The monoisotopic (exact) mass is 299 g/mol. The maximum absolute atomic E-state index is 11.7. The fraction of sp³-hybridized carbons (Fsp3) is 0.214. The van der Waals surface area contributed by atoms with E-state index in [2.05, 4.69) is 30.1 Å². The van der Waals surface area contributed by atoms with Gasteiger partial charge in [-0.05, 0) is 12.1 Å². The Hall–Kier alpha value is -3.03. The van der Waals surface area contributed by atoms with E-state index in [0.29, 0.717) is 36.1 Å². The minimum Gasteiger partial charge on any atom is -0.364 e. The third-order valence-electron chi connectivity index (χ3n) is 2.86. The molecule has 0 radical (unpaired) electrons. The number of pyridine rings is 1. The van der Waals surface area contributed by atoms with Crippen LogP contribution in [-0.4, -0.2) is 32.7 Å². The Labute approximate surface area is 125 Å². The van der Waals surface area contributed by atoms with Crippen molar-refractivity contribution in [2.24, 2.45) is 0 Å². The Balaban J connectivity index is 1.48. The quantitative estimate of drug-likeness (QED) is 0.724. The van der Waals surface area contributed by atoms with Gasteiger partial charge in [0.1, 0.15) is 12.0 Å². The zero-order valence-corrected chi connectivity index (χ0v) is 11.6. The van der Waals surface area contributed by atoms with Gasteiger partial charge in [0, 0.05) is 25.2 Å². The molecule has 1 amide bonds. The van der Waals surface area contributed by atoms with Gasteiger partial charge in [0.15, 0.2) is 5.82 Å². The first-order valence-electron chi connectivity index (χ1n) is 6.71. The molecule has 8 nitrogen and oxygen atoms in total. The molecule has 3 rings (SSSR count). The molecule has 0 aromatic carbocycles. The first-order chi connectivity index (χ1) is 10.8.